The molecule has 0 atom stereocenters. The zero-order valence-corrected chi connectivity index (χ0v) is 24.2. The van der Waals surface area contributed by atoms with Crippen molar-refractivity contribution in [2.75, 3.05) is 44.5 Å². The smallest absolute Gasteiger partial charge is 0.286 e. The summed E-state index contributed by atoms with van der Waals surface area (Å²) in [4.78, 5) is 19.6. The number of hydrogen-bond donors (Lipinski definition) is 4. The predicted octanol–water partition coefficient (Wildman–Crippen LogP) is 5.13. The number of carbonyl (C=O) groups excluding carboxylic acids is 1. The lowest BCUT2D eigenvalue weighted by molar-refractivity contribution is 0.0955. The third-order valence-electron chi connectivity index (χ3n) is 7.18. The van der Waals surface area contributed by atoms with Gasteiger partial charge >= 0.3 is 0 Å². The highest BCUT2D eigenvalue weighted by molar-refractivity contribution is 7.18. The third-order valence-corrected chi connectivity index (χ3v) is 8.21. The summed E-state index contributed by atoms with van der Waals surface area (Å²) in [6, 6.07) is 15.5. The lowest BCUT2D eigenvalue weighted by Crippen LogP contribution is -2.30. The number of anilines is 2. The van der Waals surface area contributed by atoms with E-state index in [9.17, 15) is 9.90 Å². The lowest BCUT2D eigenvalue weighted by Gasteiger charge is -2.16. The second-order valence-electron chi connectivity index (χ2n) is 9.61. The van der Waals surface area contributed by atoms with Crippen LogP contribution in [0.4, 0.5) is 11.5 Å². The molecule has 212 valence electrons. The van der Waals surface area contributed by atoms with Crippen molar-refractivity contribution < 1.29 is 14.6 Å². The number of benzene rings is 2. The molecular weight excluding hydrogens is 536 g/mol. The van der Waals surface area contributed by atoms with Crippen LogP contribution in [0, 0.1) is 0 Å². The Morgan fingerprint density at radius 1 is 1.24 bits per heavy atom. The van der Waals surface area contributed by atoms with Crippen LogP contribution in [0.5, 0.6) is 5.75 Å². The lowest BCUT2D eigenvalue weighted by atomic mass is 10.0. The number of aliphatic hydroxyl groups is 1. The standard InChI is InChI=1S/C31H34N6O3S/c1-4-37(14-15-38)13-7-9-22-18-33-30(32)28-23(19-41-29(22)28)20-11-12-24(27(17-20)40-3)34-35-31(39)26-16-21-8-5-6-10-25(21)36(26)2/h5-12,16-19,34,38H,4,13-15H2,1-3H3,(H2,32,33)(H,35,39)/b9-7+. The maximum Gasteiger partial charge on any atom is 0.286 e. The first-order valence-electron chi connectivity index (χ1n) is 13.4. The van der Waals surface area contributed by atoms with E-state index in [2.05, 4.69) is 45.2 Å². The molecule has 0 fully saturated rings. The molecule has 0 bridgehead atoms. The van der Waals surface area contributed by atoms with Crippen molar-refractivity contribution >= 4 is 55.8 Å². The van der Waals surface area contributed by atoms with Gasteiger partial charge < -0.3 is 20.1 Å². The van der Waals surface area contributed by atoms with Gasteiger partial charge in [-0.3, -0.25) is 20.5 Å². The Balaban J connectivity index is 1.37. The van der Waals surface area contributed by atoms with Crippen molar-refractivity contribution in [2.24, 2.45) is 7.05 Å². The van der Waals surface area contributed by atoms with Crippen LogP contribution in [0.1, 0.15) is 23.0 Å². The average molecular weight is 571 g/mol. The van der Waals surface area contributed by atoms with Crippen molar-refractivity contribution in [3.63, 3.8) is 0 Å². The number of rotatable bonds is 11. The summed E-state index contributed by atoms with van der Waals surface area (Å²) in [5.74, 6) is 0.786. The number of para-hydroxylation sites is 1. The number of amides is 1. The van der Waals surface area contributed by atoms with Gasteiger partial charge in [-0.25, -0.2) is 4.98 Å². The third kappa shape index (κ3) is 5.76. The van der Waals surface area contributed by atoms with Crippen LogP contribution in [-0.2, 0) is 7.05 Å². The maximum absolute atomic E-state index is 13.0. The molecule has 10 heteroatoms. The number of nitrogen functional groups attached to an aromatic ring is 1. The van der Waals surface area contributed by atoms with E-state index >= 15 is 0 Å². The molecule has 0 spiro atoms. The molecule has 0 aliphatic rings. The molecule has 0 saturated heterocycles. The van der Waals surface area contributed by atoms with Crippen LogP contribution in [0.15, 0.2) is 66.2 Å². The van der Waals surface area contributed by atoms with Gasteiger partial charge in [0.15, 0.2) is 0 Å². The average Bonchev–Trinajstić information content (AvgIpc) is 3.59. The van der Waals surface area contributed by atoms with Crippen LogP contribution < -0.4 is 21.3 Å². The molecule has 1 amide bonds. The second kappa shape index (κ2) is 12.4. The number of fused-ring (bicyclic) bond motifs is 2. The van der Waals surface area contributed by atoms with Gasteiger partial charge in [0, 0.05) is 58.5 Å². The van der Waals surface area contributed by atoms with E-state index in [1.54, 1.807) is 24.6 Å². The summed E-state index contributed by atoms with van der Waals surface area (Å²) in [7, 11) is 3.47. The topological polar surface area (TPSA) is 118 Å². The fourth-order valence-electron chi connectivity index (χ4n) is 4.92. The first-order chi connectivity index (χ1) is 19.9. The number of ether oxygens (including phenoxy) is 1. The Kier molecular flexibility index (Phi) is 8.53. The minimum absolute atomic E-state index is 0.137. The van der Waals surface area contributed by atoms with E-state index in [0.29, 0.717) is 29.5 Å². The van der Waals surface area contributed by atoms with E-state index in [0.717, 1.165) is 50.8 Å². The van der Waals surface area contributed by atoms with Crippen LogP contribution in [0.3, 0.4) is 0 Å². The first kappa shape index (κ1) is 28.2. The molecule has 5 aromatic rings. The Hall–Kier alpha value is -4.38. The Morgan fingerprint density at radius 3 is 2.83 bits per heavy atom. The number of likely N-dealkylation sites (N-methyl/N-ethyl adjacent to an activating group) is 1. The molecule has 9 nitrogen and oxygen atoms in total. The van der Waals surface area contributed by atoms with Crippen LogP contribution in [-0.4, -0.2) is 58.8 Å². The number of nitrogens with one attached hydrogen (secondary N) is 2. The van der Waals surface area contributed by atoms with Crippen molar-refractivity contribution in [1.29, 1.82) is 0 Å². The number of pyridine rings is 1. The van der Waals surface area contributed by atoms with E-state index < -0.39 is 0 Å². The van der Waals surface area contributed by atoms with E-state index in [4.69, 9.17) is 10.5 Å². The highest BCUT2D eigenvalue weighted by Crippen LogP contribution is 2.41. The van der Waals surface area contributed by atoms with Crippen molar-refractivity contribution in [3.8, 4) is 16.9 Å². The summed E-state index contributed by atoms with van der Waals surface area (Å²) < 4.78 is 8.59. The van der Waals surface area contributed by atoms with E-state index in [-0.39, 0.29) is 12.5 Å². The molecule has 3 heterocycles. The van der Waals surface area contributed by atoms with Crippen LogP contribution in [0.2, 0.25) is 0 Å². The fraction of sp³-hybridized carbons (Fsp3) is 0.226. The Labute approximate surface area is 242 Å². The van der Waals surface area contributed by atoms with Gasteiger partial charge in [0.25, 0.3) is 5.91 Å². The van der Waals surface area contributed by atoms with Crippen molar-refractivity contribution in [3.05, 3.63) is 77.4 Å². The summed E-state index contributed by atoms with van der Waals surface area (Å²) in [6.45, 7) is 4.45. The molecule has 0 saturated carbocycles. The molecule has 0 aliphatic carbocycles. The van der Waals surface area contributed by atoms with E-state index in [1.165, 1.54) is 0 Å². The van der Waals surface area contributed by atoms with Crippen LogP contribution in [0.25, 0.3) is 38.2 Å². The van der Waals surface area contributed by atoms with Gasteiger partial charge in [0.05, 0.1) is 19.4 Å². The highest BCUT2D eigenvalue weighted by atomic mass is 32.1. The largest absolute Gasteiger partial charge is 0.494 e. The zero-order valence-electron chi connectivity index (χ0n) is 23.3. The number of carbonyl (C=O) groups is 1. The number of hydrazine groups is 1. The number of methoxy groups -OCH3 is 1. The van der Waals surface area contributed by atoms with Gasteiger partial charge in [-0.15, -0.1) is 11.3 Å². The number of hydrogen-bond acceptors (Lipinski definition) is 8. The second-order valence-corrected chi connectivity index (χ2v) is 10.5. The highest BCUT2D eigenvalue weighted by Gasteiger charge is 2.17. The van der Waals surface area contributed by atoms with Gasteiger partial charge in [-0.1, -0.05) is 43.3 Å². The summed E-state index contributed by atoms with van der Waals surface area (Å²) in [6.07, 6.45) is 5.94. The minimum Gasteiger partial charge on any atom is -0.494 e. The molecule has 5 rings (SSSR count). The zero-order chi connectivity index (χ0) is 28.9. The maximum atomic E-state index is 13.0. The summed E-state index contributed by atoms with van der Waals surface area (Å²) in [5, 5.41) is 13.2. The molecule has 0 unspecified atom stereocenters. The Bertz CT molecular complexity index is 1720. The number of nitrogens with two attached hydrogens (primary N) is 1. The van der Waals surface area contributed by atoms with E-state index in [1.807, 2.05) is 60.1 Å². The molecule has 2 aromatic carbocycles. The minimum atomic E-state index is -0.253. The molecule has 5 N–H and O–H groups in total. The van der Waals surface area contributed by atoms with Crippen LogP contribution >= 0.6 is 11.3 Å². The molecule has 0 radical (unpaired) electrons. The number of aromatic nitrogens is 2. The summed E-state index contributed by atoms with van der Waals surface area (Å²) >= 11 is 1.62. The molecule has 41 heavy (non-hydrogen) atoms. The number of thiophene rings is 1. The van der Waals surface area contributed by atoms with Gasteiger partial charge in [-0.05, 0) is 41.8 Å². The quantitative estimate of drug-likeness (QED) is 0.163. The number of aliphatic hydroxyl groups excluding tert-OH is 1. The molecule has 0 aliphatic heterocycles. The SMILES string of the molecule is CCN(C/C=C/c1cnc(N)c2c(-c3ccc(NNC(=O)c4cc5ccccc5n4C)c(OC)c3)csc12)CCO. The first-order valence-corrected chi connectivity index (χ1v) is 14.3. The van der Waals surface area contributed by atoms with Crippen molar-refractivity contribution in [2.45, 2.75) is 6.92 Å². The molecular formula is C31H34N6O3S. The van der Waals surface area contributed by atoms with Gasteiger partial charge in [0.1, 0.15) is 17.3 Å². The number of nitrogens with zero attached hydrogens (tertiary/aromatic N) is 3. The van der Waals surface area contributed by atoms with Gasteiger partial charge in [0.2, 0.25) is 0 Å². The van der Waals surface area contributed by atoms with Crippen molar-refractivity contribution in [1.82, 2.24) is 19.9 Å². The van der Waals surface area contributed by atoms with Gasteiger partial charge in [-0.2, -0.15) is 0 Å². The molecule has 3 aromatic heterocycles. The number of aryl methyl sites for hydroxylation is 1. The monoisotopic (exact) mass is 570 g/mol. The normalized spacial score (nSPS) is 11.6. The predicted molar refractivity (Wildman–Crippen MR) is 168 cm³/mol. The fourth-order valence-corrected chi connectivity index (χ4v) is 6.00. The Morgan fingerprint density at radius 2 is 2.07 bits per heavy atom. The summed E-state index contributed by atoms with van der Waals surface area (Å²) in [5.41, 5.74) is 17.2.